The largest absolute Gasteiger partial charge is 0.507 e. The summed E-state index contributed by atoms with van der Waals surface area (Å²) in [5.74, 6) is -5.12. The lowest BCUT2D eigenvalue weighted by atomic mass is 9.62. The van der Waals surface area contributed by atoms with Crippen LogP contribution in [-0.2, 0) is 11.2 Å². The van der Waals surface area contributed by atoms with Crippen LogP contribution < -0.4 is 0 Å². The molecule has 0 amide bonds. The maximum absolute atomic E-state index is 14.4. The van der Waals surface area contributed by atoms with E-state index in [1.807, 2.05) is 0 Å². The van der Waals surface area contributed by atoms with Crippen LogP contribution in [0.1, 0.15) is 75.2 Å². The van der Waals surface area contributed by atoms with Crippen molar-refractivity contribution in [2.75, 3.05) is 0 Å². The normalized spacial score (nSPS) is 26.1. The second-order valence-electron chi connectivity index (χ2n) is 10.5. The van der Waals surface area contributed by atoms with Crippen LogP contribution in [0.25, 0.3) is 0 Å². The number of aliphatic hydroxyl groups is 1. The Labute approximate surface area is 220 Å². The summed E-state index contributed by atoms with van der Waals surface area (Å²) in [4.78, 5) is 55.0. The van der Waals surface area contributed by atoms with Crippen molar-refractivity contribution >= 4 is 23.3 Å². The van der Waals surface area contributed by atoms with Crippen LogP contribution in [0.2, 0.25) is 0 Å². The van der Waals surface area contributed by atoms with Crippen LogP contribution >= 0.6 is 0 Å². The Kier molecular flexibility index (Phi) is 4.44. The third-order valence-corrected chi connectivity index (χ3v) is 8.44. The fourth-order valence-corrected chi connectivity index (χ4v) is 6.90. The third kappa shape index (κ3) is 2.72. The monoisotopic (exact) mass is 524 g/mol. The number of fused-ring (bicyclic) bond motifs is 6. The molecule has 1 heterocycles. The molecule has 9 nitrogen and oxygen atoms in total. The summed E-state index contributed by atoms with van der Waals surface area (Å²) >= 11 is 0. The van der Waals surface area contributed by atoms with Gasteiger partial charge in [-0.25, -0.2) is 4.79 Å². The molecule has 3 aromatic rings. The predicted octanol–water partition coefficient (Wildman–Crippen LogP) is 2.87. The van der Waals surface area contributed by atoms with Crippen molar-refractivity contribution in [3.63, 3.8) is 0 Å². The van der Waals surface area contributed by atoms with Crippen molar-refractivity contribution < 1.29 is 44.3 Å². The smallest absolute Gasteiger partial charge is 0.343 e. The van der Waals surface area contributed by atoms with E-state index in [0.717, 1.165) is 0 Å². The second kappa shape index (κ2) is 7.42. The van der Waals surface area contributed by atoms with E-state index in [2.05, 4.69) is 0 Å². The number of hydrogen-bond acceptors (Lipinski definition) is 9. The number of aryl methyl sites for hydroxylation is 1. The number of aliphatic hydroxyl groups excluding tert-OH is 1. The van der Waals surface area contributed by atoms with Gasteiger partial charge >= 0.3 is 5.97 Å². The molecule has 1 aliphatic heterocycles. The average Bonchev–Trinajstić information content (AvgIpc) is 3.17. The summed E-state index contributed by atoms with van der Waals surface area (Å²) in [6.45, 7) is 1.65. The van der Waals surface area contributed by atoms with Gasteiger partial charge in [-0.15, -0.1) is 0 Å². The maximum atomic E-state index is 14.4. The maximum Gasteiger partial charge on any atom is 0.343 e. The Bertz CT molecular complexity index is 1760. The van der Waals surface area contributed by atoms with Crippen LogP contribution in [-0.4, -0.2) is 56.0 Å². The first-order valence-electron chi connectivity index (χ1n) is 12.3. The molecule has 0 bridgehead atoms. The topological polar surface area (TPSA) is 158 Å². The second-order valence-corrected chi connectivity index (χ2v) is 10.5. The minimum Gasteiger partial charge on any atom is -0.507 e. The molecule has 0 radical (unpaired) electrons. The van der Waals surface area contributed by atoms with E-state index in [-0.39, 0.29) is 39.8 Å². The molecule has 3 aromatic carbocycles. The van der Waals surface area contributed by atoms with Crippen LogP contribution in [0, 0.1) is 12.3 Å². The van der Waals surface area contributed by atoms with Gasteiger partial charge < -0.3 is 25.2 Å². The first-order valence-corrected chi connectivity index (χ1v) is 12.3. The highest BCUT2D eigenvalue weighted by Gasteiger charge is 2.63. The molecule has 4 N–H and O–H groups in total. The van der Waals surface area contributed by atoms with Crippen LogP contribution in [0.15, 0.2) is 48.6 Å². The van der Waals surface area contributed by atoms with Gasteiger partial charge in [0.25, 0.3) is 0 Å². The van der Waals surface area contributed by atoms with Gasteiger partial charge in [-0.2, -0.15) is 0 Å². The summed E-state index contributed by atoms with van der Waals surface area (Å²) < 4.78 is 5.71. The Balaban J connectivity index is 1.52. The number of ether oxygens (including phenoxy) is 1. The minimum atomic E-state index is -1.62. The summed E-state index contributed by atoms with van der Waals surface area (Å²) in [6, 6.07) is 8.23. The number of rotatable bonds is 0. The van der Waals surface area contributed by atoms with Crippen molar-refractivity contribution in [2.24, 2.45) is 5.41 Å². The van der Waals surface area contributed by atoms with Crippen molar-refractivity contribution in [1.29, 1.82) is 0 Å². The zero-order valence-corrected chi connectivity index (χ0v) is 20.4. The summed E-state index contributed by atoms with van der Waals surface area (Å²) in [5, 5.41) is 42.8. The van der Waals surface area contributed by atoms with Crippen LogP contribution in [0.3, 0.4) is 0 Å². The van der Waals surface area contributed by atoms with E-state index in [1.54, 1.807) is 13.0 Å². The molecule has 7 rings (SSSR count). The highest BCUT2D eigenvalue weighted by atomic mass is 16.6. The summed E-state index contributed by atoms with van der Waals surface area (Å²) in [7, 11) is 0. The third-order valence-electron chi connectivity index (χ3n) is 8.44. The molecule has 39 heavy (non-hydrogen) atoms. The molecule has 4 atom stereocenters. The number of carbonyl (C=O) groups excluding carboxylic acids is 4. The van der Waals surface area contributed by atoms with Gasteiger partial charge in [0.15, 0.2) is 11.6 Å². The molecule has 4 aliphatic rings. The van der Waals surface area contributed by atoms with Crippen molar-refractivity contribution in [2.45, 2.75) is 31.5 Å². The number of Topliss-reactive ketones (excluding diaryl/α,β-unsaturated/α-hetero) is 1. The van der Waals surface area contributed by atoms with Crippen molar-refractivity contribution in [3.8, 4) is 17.2 Å². The number of aromatic hydroxyl groups is 3. The van der Waals surface area contributed by atoms with Crippen LogP contribution in [0.5, 0.6) is 17.2 Å². The number of allylic oxidation sites excluding steroid dienone is 1. The Morgan fingerprint density at radius 2 is 1.56 bits per heavy atom. The predicted molar refractivity (Wildman–Crippen MR) is 133 cm³/mol. The highest BCUT2D eigenvalue weighted by Crippen LogP contribution is 2.60. The van der Waals surface area contributed by atoms with E-state index in [0.29, 0.717) is 16.7 Å². The molecular weight excluding hydrogens is 504 g/mol. The van der Waals surface area contributed by atoms with E-state index in [1.165, 1.54) is 42.5 Å². The molecular formula is C30H20O9. The van der Waals surface area contributed by atoms with Gasteiger partial charge in [-0.05, 0) is 54.3 Å². The average molecular weight is 524 g/mol. The standard InChI is InChI=1S/C30H20O9/c1-11-7-14-22(18(33)8-11)29(38)39-28-17(32)6-5-15-20-12(10-30(15,28)27(14)37)9-19(34)23-24(20)25(35)13-3-2-4-16(31)21(13)26(23)36/h2-9,15,17,28,31-34H,10H2,1H3. The molecule has 0 saturated heterocycles. The molecule has 4 unspecified atom stereocenters. The quantitative estimate of drug-likeness (QED) is 0.200. The Morgan fingerprint density at radius 3 is 2.33 bits per heavy atom. The summed E-state index contributed by atoms with van der Waals surface area (Å²) in [5.41, 5.74) is -1.42. The zero-order valence-electron chi connectivity index (χ0n) is 20.4. The molecule has 9 heteroatoms. The number of carbonyl (C=O) groups is 4. The fraction of sp³-hybridized carbons (Fsp3) is 0.200. The lowest BCUT2D eigenvalue weighted by Gasteiger charge is -2.42. The fourth-order valence-electron chi connectivity index (χ4n) is 6.90. The number of esters is 1. The van der Waals surface area contributed by atoms with Crippen molar-refractivity contribution in [1.82, 2.24) is 0 Å². The van der Waals surface area contributed by atoms with E-state index < -0.39 is 64.1 Å². The number of phenols is 3. The number of ketones is 3. The lowest BCUT2D eigenvalue weighted by molar-refractivity contribution is -0.0580. The first kappa shape index (κ1) is 23.4. The van der Waals surface area contributed by atoms with Gasteiger partial charge in [0.05, 0.1) is 16.5 Å². The van der Waals surface area contributed by atoms with Crippen LogP contribution in [0.4, 0.5) is 0 Å². The van der Waals surface area contributed by atoms with Gasteiger partial charge in [-0.1, -0.05) is 24.3 Å². The molecule has 3 aliphatic carbocycles. The Hall–Kier alpha value is -4.76. The highest BCUT2D eigenvalue weighted by molar-refractivity contribution is 6.31. The first-order chi connectivity index (χ1) is 18.6. The van der Waals surface area contributed by atoms with Crippen molar-refractivity contribution in [3.05, 3.63) is 98.6 Å². The summed E-state index contributed by atoms with van der Waals surface area (Å²) in [6.07, 6.45) is 0.0652. The lowest BCUT2D eigenvalue weighted by Crippen LogP contribution is -2.53. The molecule has 1 spiro atoms. The number of phenolic OH excluding ortho intramolecular Hbond substituents is 3. The van der Waals surface area contributed by atoms with Gasteiger partial charge in [0.2, 0.25) is 5.78 Å². The number of hydrogen-bond donors (Lipinski definition) is 4. The molecule has 0 aromatic heterocycles. The Morgan fingerprint density at radius 1 is 0.821 bits per heavy atom. The minimum absolute atomic E-state index is 0.0397. The van der Waals surface area contributed by atoms with Gasteiger partial charge in [-0.3, -0.25) is 14.4 Å². The number of benzene rings is 3. The SMILES string of the molecule is Cc1cc(O)c2c(c1)C(=O)C13Cc4cc(O)c5c(c4C1C=CC(O)C3OC2=O)C(=O)c1cccc(O)c1C5=O. The van der Waals surface area contributed by atoms with E-state index in [4.69, 9.17) is 4.74 Å². The van der Waals surface area contributed by atoms with Gasteiger partial charge in [0.1, 0.15) is 35.0 Å². The van der Waals surface area contributed by atoms with E-state index >= 15 is 0 Å². The molecule has 0 fully saturated rings. The molecule has 194 valence electrons. The van der Waals surface area contributed by atoms with E-state index in [9.17, 15) is 39.6 Å². The molecule has 0 saturated carbocycles. The zero-order chi connectivity index (χ0) is 27.5. The van der Waals surface area contributed by atoms with Gasteiger partial charge in [0, 0.05) is 22.6 Å².